The van der Waals surface area contributed by atoms with Crippen LogP contribution < -0.4 is 20.1 Å². The van der Waals surface area contributed by atoms with Crippen molar-refractivity contribution in [3.05, 3.63) is 53.7 Å². The van der Waals surface area contributed by atoms with Gasteiger partial charge >= 0.3 is 0 Å². The standard InChI is InChI=1S/C19H20N4O3/c1-25-16-10-14(11-17(12-16)26-2)5-6-18(24)21-8-9-23-19-15(13-20)4-3-7-22-19/h3-7,10-12H,8-9H2,1-2H3,(H,21,24)(H,22,23). The molecule has 1 amide bonds. The summed E-state index contributed by atoms with van der Waals surface area (Å²) < 4.78 is 10.4. The first-order valence-corrected chi connectivity index (χ1v) is 7.94. The van der Waals surface area contributed by atoms with Crippen LogP contribution in [0.3, 0.4) is 0 Å². The predicted octanol–water partition coefficient (Wildman–Crippen LogP) is 2.21. The number of carbonyl (C=O) groups excluding carboxylic acids is 1. The zero-order valence-electron chi connectivity index (χ0n) is 14.7. The summed E-state index contributed by atoms with van der Waals surface area (Å²) in [6.45, 7) is 0.851. The van der Waals surface area contributed by atoms with E-state index in [0.29, 0.717) is 36.0 Å². The highest BCUT2D eigenvalue weighted by Gasteiger charge is 2.02. The van der Waals surface area contributed by atoms with E-state index < -0.39 is 0 Å². The second-order valence-corrected chi connectivity index (χ2v) is 5.21. The Bertz CT molecular complexity index is 806. The van der Waals surface area contributed by atoms with Gasteiger partial charge in [0.05, 0.1) is 19.8 Å². The first-order valence-electron chi connectivity index (χ1n) is 7.94. The van der Waals surface area contributed by atoms with Crippen molar-refractivity contribution in [2.75, 3.05) is 32.6 Å². The van der Waals surface area contributed by atoms with E-state index in [4.69, 9.17) is 14.7 Å². The van der Waals surface area contributed by atoms with Crippen molar-refractivity contribution in [3.63, 3.8) is 0 Å². The summed E-state index contributed by atoms with van der Waals surface area (Å²) in [6, 6.07) is 10.8. The first kappa shape index (κ1) is 18.8. The molecule has 2 rings (SSSR count). The van der Waals surface area contributed by atoms with Crippen molar-refractivity contribution in [2.24, 2.45) is 0 Å². The second kappa shape index (κ2) is 9.69. The van der Waals surface area contributed by atoms with E-state index in [0.717, 1.165) is 5.56 Å². The third kappa shape index (κ3) is 5.53. The Balaban J connectivity index is 1.83. The molecule has 0 saturated carbocycles. The van der Waals surface area contributed by atoms with Crippen molar-refractivity contribution in [3.8, 4) is 17.6 Å². The fourth-order valence-corrected chi connectivity index (χ4v) is 2.16. The highest BCUT2D eigenvalue weighted by atomic mass is 16.5. The van der Waals surface area contributed by atoms with E-state index in [2.05, 4.69) is 21.7 Å². The van der Waals surface area contributed by atoms with Gasteiger partial charge in [0.1, 0.15) is 23.4 Å². The molecule has 0 radical (unpaired) electrons. The minimum Gasteiger partial charge on any atom is -0.497 e. The molecule has 0 spiro atoms. The van der Waals surface area contributed by atoms with Crippen molar-refractivity contribution in [1.82, 2.24) is 10.3 Å². The van der Waals surface area contributed by atoms with Crippen LogP contribution in [0.4, 0.5) is 5.82 Å². The molecule has 0 atom stereocenters. The largest absolute Gasteiger partial charge is 0.497 e. The molecule has 0 aliphatic rings. The molecule has 1 heterocycles. The van der Waals surface area contributed by atoms with Gasteiger partial charge in [0.25, 0.3) is 0 Å². The number of benzene rings is 1. The van der Waals surface area contributed by atoms with E-state index in [-0.39, 0.29) is 5.91 Å². The van der Waals surface area contributed by atoms with Crippen molar-refractivity contribution in [1.29, 1.82) is 5.26 Å². The zero-order chi connectivity index (χ0) is 18.8. The Labute approximate surface area is 152 Å². The van der Waals surface area contributed by atoms with Gasteiger partial charge in [-0.15, -0.1) is 0 Å². The highest BCUT2D eigenvalue weighted by molar-refractivity contribution is 5.91. The number of hydrogen-bond donors (Lipinski definition) is 2. The number of nitrogens with one attached hydrogen (secondary N) is 2. The number of aromatic nitrogens is 1. The van der Waals surface area contributed by atoms with Gasteiger partial charge in [0.15, 0.2) is 0 Å². The fourth-order valence-electron chi connectivity index (χ4n) is 2.16. The third-order valence-corrected chi connectivity index (χ3v) is 3.45. The molecule has 2 N–H and O–H groups in total. The van der Waals surface area contributed by atoms with E-state index in [1.165, 1.54) is 6.08 Å². The Morgan fingerprint density at radius 2 is 1.96 bits per heavy atom. The number of nitrogens with zero attached hydrogens (tertiary/aromatic N) is 2. The topological polar surface area (TPSA) is 96.3 Å². The summed E-state index contributed by atoms with van der Waals surface area (Å²) >= 11 is 0. The number of carbonyl (C=O) groups is 1. The summed E-state index contributed by atoms with van der Waals surface area (Å²) in [7, 11) is 3.14. The number of rotatable bonds is 8. The minimum absolute atomic E-state index is 0.227. The average molecular weight is 352 g/mol. The van der Waals surface area contributed by atoms with E-state index >= 15 is 0 Å². The van der Waals surface area contributed by atoms with Gasteiger partial charge in [-0.05, 0) is 35.9 Å². The lowest BCUT2D eigenvalue weighted by molar-refractivity contribution is -0.116. The van der Waals surface area contributed by atoms with E-state index in [9.17, 15) is 4.79 Å². The van der Waals surface area contributed by atoms with Crippen LogP contribution in [0, 0.1) is 11.3 Å². The fraction of sp³-hybridized carbons (Fsp3) is 0.211. The van der Waals surface area contributed by atoms with Crippen LogP contribution in [0.25, 0.3) is 6.08 Å². The van der Waals surface area contributed by atoms with Crippen molar-refractivity contribution < 1.29 is 14.3 Å². The van der Waals surface area contributed by atoms with Crippen LogP contribution in [0.15, 0.2) is 42.6 Å². The Hall–Kier alpha value is -3.53. The molecule has 134 valence electrons. The normalized spacial score (nSPS) is 10.2. The second-order valence-electron chi connectivity index (χ2n) is 5.21. The predicted molar refractivity (Wildman–Crippen MR) is 99.0 cm³/mol. The lowest BCUT2D eigenvalue weighted by Crippen LogP contribution is -2.27. The summed E-state index contributed by atoms with van der Waals surface area (Å²) in [5.74, 6) is 1.58. The molecule has 7 heteroatoms. The molecule has 0 aliphatic carbocycles. The monoisotopic (exact) mass is 352 g/mol. The number of nitriles is 1. The summed E-state index contributed by atoms with van der Waals surface area (Å²) in [5, 5.41) is 14.8. The van der Waals surface area contributed by atoms with Gasteiger partial charge in [-0.2, -0.15) is 5.26 Å². The molecule has 0 bridgehead atoms. The zero-order valence-corrected chi connectivity index (χ0v) is 14.7. The minimum atomic E-state index is -0.227. The molecular formula is C19H20N4O3. The molecule has 1 aromatic heterocycles. The molecule has 0 aliphatic heterocycles. The van der Waals surface area contributed by atoms with Crippen molar-refractivity contribution in [2.45, 2.75) is 0 Å². The van der Waals surface area contributed by atoms with Gasteiger partial charge in [0.2, 0.25) is 5.91 Å². The number of amides is 1. The number of ether oxygens (including phenoxy) is 2. The molecule has 0 unspecified atom stereocenters. The maximum atomic E-state index is 11.9. The molecule has 1 aromatic carbocycles. The SMILES string of the molecule is COc1cc(C=CC(=O)NCCNc2ncccc2C#N)cc(OC)c1. The molecule has 0 fully saturated rings. The first-order chi connectivity index (χ1) is 12.7. The molecule has 26 heavy (non-hydrogen) atoms. The maximum Gasteiger partial charge on any atom is 0.244 e. The van der Waals surface area contributed by atoms with Gasteiger partial charge in [-0.1, -0.05) is 0 Å². The van der Waals surface area contributed by atoms with Crippen LogP contribution in [0.2, 0.25) is 0 Å². The number of pyridine rings is 1. The average Bonchev–Trinajstić information content (AvgIpc) is 2.69. The quantitative estimate of drug-likeness (QED) is 0.558. The van der Waals surface area contributed by atoms with Gasteiger partial charge in [-0.25, -0.2) is 4.98 Å². The molecule has 2 aromatic rings. The van der Waals surface area contributed by atoms with E-state index in [1.54, 1.807) is 56.8 Å². The van der Waals surface area contributed by atoms with Crippen LogP contribution in [-0.4, -0.2) is 38.2 Å². The van der Waals surface area contributed by atoms with Crippen molar-refractivity contribution >= 4 is 17.8 Å². The Morgan fingerprint density at radius 1 is 1.23 bits per heavy atom. The Morgan fingerprint density at radius 3 is 2.62 bits per heavy atom. The Kier molecular flexibility index (Phi) is 7.01. The van der Waals surface area contributed by atoms with Crippen LogP contribution in [0.1, 0.15) is 11.1 Å². The lowest BCUT2D eigenvalue weighted by atomic mass is 10.2. The summed E-state index contributed by atoms with van der Waals surface area (Å²) in [5.41, 5.74) is 1.26. The summed E-state index contributed by atoms with van der Waals surface area (Å²) in [6.07, 6.45) is 4.73. The van der Waals surface area contributed by atoms with E-state index in [1.807, 2.05) is 0 Å². The van der Waals surface area contributed by atoms with Gasteiger partial charge in [-0.3, -0.25) is 4.79 Å². The highest BCUT2D eigenvalue weighted by Crippen LogP contribution is 2.23. The third-order valence-electron chi connectivity index (χ3n) is 3.45. The van der Waals surface area contributed by atoms with Gasteiger partial charge < -0.3 is 20.1 Å². The number of methoxy groups -OCH3 is 2. The van der Waals surface area contributed by atoms with Gasteiger partial charge in [0, 0.05) is 31.4 Å². The number of hydrogen-bond acceptors (Lipinski definition) is 6. The van der Waals surface area contributed by atoms with Crippen LogP contribution in [-0.2, 0) is 4.79 Å². The molecule has 7 nitrogen and oxygen atoms in total. The van der Waals surface area contributed by atoms with Crippen LogP contribution >= 0.6 is 0 Å². The molecular weight excluding hydrogens is 332 g/mol. The smallest absolute Gasteiger partial charge is 0.244 e. The lowest BCUT2D eigenvalue weighted by Gasteiger charge is -2.07. The maximum absolute atomic E-state index is 11.9. The summed E-state index contributed by atoms with van der Waals surface area (Å²) in [4.78, 5) is 16.0. The molecule has 0 saturated heterocycles. The van der Waals surface area contributed by atoms with Crippen LogP contribution in [0.5, 0.6) is 11.5 Å². The number of anilines is 1.